The van der Waals surface area contributed by atoms with E-state index in [1.54, 1.807) is 6.26 Å². The smallest absolute Gasteiger partial charge is 0.305 e. The first-order chi connectivity index (χ1) is 4.36. The lowest BCUT2D eigenvalue weighted by Gasteiger charge is -1.70. The molecule has 0 aliphatic heterocycles. The first kappa shape index (κ1) is 4.61. The van der Waals surface area contributed by atoms with Crippen LogP contribution in [-0.4, -0.2) is 9.38 Å². The minimum absolute atomic E-state index is 0.660. The molecule has 0 aliphatic carbocycles. The van der Waals surface area contributed by atoms with Crippen molar-refractivity contribution in [2.24, 2.45) is 0 Å². The molecule has 2 rings (SSSR count). The second-order valence-corrected chi connectivity index (χ2v) is 1.98. The van der Waals surface area contributed by atoms with Crippen LogP contribution in [0.3, 0.4) is 0 Å². The number of aryl methyl sites for hydroxylation is 1. The number of hydrogen-bond donors (Lipinski definition) is 0. The van der Waals surface area contributed by atoms with Gasteiger partial charge in [0, 0.05) is 12.4 Å². The highest BCUT2D eigenvalue weighted by atomic mass is 16.3. The van der Waals surface area contributed by atoms with Crippen LogP contribution in [0.1, 0.15) is 5.69 Å². The summed E-state index contributed by atoms with van der Waals surface area (Å²) >= 11 is 0. The van der Waals surface area contributed by atoms with Crippen molar-refractivity contribution in [3.8, 4) is 0 Å². The maximum Gasteiger partial charge on any atom is 0.305 e. The first-order valence-electron chi connectivity index (χ1n) is 2.75. The van der Waals surface area contributed by atoms with Crippen LogP contribution in [0.25, 0.3) is 5.84 Å². The monoisotopic (exact) mass is 122 g/mol. The summed E-state index contributed by atoms with van der Waals surface area (Å²) in [6.07, 6.45) is 5.36. The molecule has 0 spiro atoms. The van der Waals surface area contributed by atoms with E-state index in [0.717, 1.165) is 5.69 Å². The van der Waals surface area contributed by atoms with E-state index in [1.165, 1.54) is 0 Å². The van der Waals surface area contributed by atoms with Gasteiger partial charge in [0.25, 0.3) is 0 Å². The van der Waals surface area contributed by atoms with Crippen LogP contribution in [0.5, 0.6) is 0 Å². The number of aromatic nitrogens is 2. The number of hydrogen-bond acceptors (Lipinski definition) is 2. The lowest BCUT2D eigenvalue weighted by Crippen LogP contribution is -1.67. The maximum absolute atomic E-state index is 4.99. The number of imidazole rings is 1. The molecule has 46 valence electrons. The quantitative estimate of drug-likeness (QED) is 0.526. The summed E-state index contributed by atoms with van der Waals surface area (Å²) in [7, 11) is 0. The molecule has 0 aliphatic rings. The predicted molar refractivity (Wildman–Crippen MR) is 32.2 cm³/mol. The highest BCUT2D eigenvalue weighted by molar-refractivity contribution is 5.24. The van der Waals surface area contributed by atoms with Gasteiger partial charge in [-0.2, -0.15) is 4.98 Å². The van der Waals surface area contributed by atoms with Crippen LogP contribution in [-0.2, 0) is 0 Å². The zero-order valence-corrected chi connectivity index (χ0v) is 5.03. The van der Waals surface area contributed by atoms with Crippen molar-refractivity contribution in [3.63, 3.8) is 0 Å². The molecule has 0 atom stereocenters. The van der Waals surface area contributed by atoms with Crippen molar-refractivity contribution >= 4 is 5.84 Å². The fourth-order valence-corrected chi connectivity index (χ4v) is 0.845. The fourth-order valence-electron chi connectivity index (χ4n) is 0.845. The minimum Gasteiger partial charge on any atom is -0.432 e. The Balaban J connectivity index is 2.92. The van der Waals surface area contributed by atoms with E-state index in [0.29, 0.717) is 5.84 Å². The molecule has 0 saturated carbocycles. The van der Waals surface area contributed by atoms with E-state index in [9.17, 15) is 0 Å². The molecule has 3 heteroatoms. The molecule has 9 heavy (non-hydrogen) atoms. The third-order valence-corrected chi connectivity index (χ3v) is 1.21. The summed E-state index contributed by atoms with van der Waals surface area (Å²) < 4.78 is 6.83. The van der Waals surface area contributed by atoms with Crippen molar-refractivity contribution in [3.05, 3.63) is 24.4 Å². The van der Waals surface area contributed by atoms with E-state index in [2.05, 4.69) is 4.98 Å². The fraction of sp³-hybridized carbons (Fsp3) is 0.167. The number of rotatable bonds is 0. The SMILES string of the molecule is Cc1cn2ccoc2n1. The van der Waals surface area contributed by atoms with E-state index in [-0.39, 0.29) is 0 Å². The Morgan fingerprint density at radius 2 is 2.56 bits per heavy atom. The normalized spacial score (nSPS) is 10.8. The summed E-state index contributed by atoms with van der Waals surface area (Å²) in [5.41, 5.74) is 0.981. The van der Waals surface area contributed by atoms with Gasteiger partial charge in [0.1, 0.15) is 6.26 Å². The Hall–Kier alpha value is -1.25. The molecule has 0 radical (unpaired) electrons. The molecule has 0 bridgehead atoms. The molecule has 0 amide bonds. The third-order valence-electron chi connectivity index (χ3n) is 1.21. The summed E-state index contributed by atoms with van der Waals surface area (Å²) in [5, 5.41) is 0. The lowest BCUT2D eigenvalue weighted by atomic mass is 10.6. The molecular weight excluding hydrogens is 116 g/mol. The highest BCUT2D eigenvalue weighted by Gasteiger charge is 1.96. The topological polar surface area (TPSA) is 30.4 Å². The molecule has 0 N–H and O–H groups in total. The van der Waals surface area contributed by atoms with Gasteiger partial charge in [-0.15, -0.1) is 0 Å². The van der Waals surface area contributed by atoms with Gasteiger partial charge in [-0.25, -0.2) is 0 Å². The Kier molecular flexibility index (Phi) is 0.704. The highest BCUT2D eigenvalue weighted by Crippen LogP contribution is 2.02. The Morgan fingerprint density at radius 1 is 1.67 bits per heavy atom. The minimum atomic E-state index is 0.660. The van der Waals surface area contributed by atoms with Crippen LogP contribution in [0.15, 0.2) is 23.1 Å². The van der Waals surface area contributed by atoms with Gasteiger partial charge in [0.15, 0.2) is 0 Å². The van der Waals surface area contributed by atoms with Crippen molar-refractivity contribution in [1.82, 2.24) is 9.38 Å². The molecule has 0 fully saturated rings. The second kappa shape index (κ2) is 1.37. The number of fused-ring (bicyclic) bond motifs is 1. The van der Waals surface area contributed by atoms with Crippen molar-refractivity contribution in [2.45, 2.75) is 6.92 Å². The molecule has 2 heterocycles. The summed E-state index contributed by atoms with van der Waals surface area (Å²) in [6.45, 7) is 1.93. The average molecular weight is 122 g/mol. The van der Waals surface area contributed by atoms with Crippen LogP contribution >= 0.6 is 0 Å². The summed E-state index contributed by atoms with van der Waals surface area (Å²) in [6, 6.07) is 0. The Morgan fingerprint density at radius 3 is 3.33 bits per heavy atom. The van der Waals surface area contributed by atoms with E-state index in [4.69, 9.17) is 4.42 Å². The van der Waals surface area contributed by atoms with E-state index >= 15 is 0 Å². The van der Waals surface area contributed by atoms with Gasteiger partial charge in [0.05, 0.1) is 5.69 Å². The van der Waals surface area contributed by atoms with Gasteiger partial charge in [-0.05, 0) is 6.92 Å². The maximum atomic E-state index is 4.99. The number of oxazole rings is 1. The van der Waals surface area contributed by atoms with Crippen molar-refractivity contribution in [2.75, 3.05) is 0 Å². The van der Waals surface area contributed by atoms with Gasteiger partial charge in [-0.1, -0.05) is 0 Å². The third kappa shape index (κ3) is 0.543. The first-order valence-corrected chi connectivity index (χ1v) is 2.75. The van der Waals surface area contributed by atoms with E-state index < -0.39 is 0 Å². The standard InChI is InChI=1S/C6H6N2O/c1-5-4-8-2-3-9-6(8)7-5/h2-4H,1H3. The van der Waals surface area contributed by atoms with E-state index in [1.807, 2.05) is 23.7 Å². The predicted octanol–water partition coefficient (Wildman–Crippen LogP) is 1.24. The van der Waals surface area contributed by atoms with Crippen LogP contribution in [0.2, 0.25) is 0 Å². The average Bonchev–Trinajstić information content (AvgIpc) is 2.22. The second-order valence-electron chi connectivity index (χ2n) is 1.98. The van der Waals surface area contributed by atoms with Crippen LogP contribution in [0, 0.1) is 6.92 Å². The molecular formula is C6H6N2O. The zero-order valence-electron chi connectivity index (χ0n) is 5.03. The summed E-state index contributed by atoms with van der Waals surface area (Å²) in [4.78, 5) is 4.07. The van der Waals surface area contributed by atoms with Crippen molar-refractivity contribution in [1.29, 1.82) is 0 Å². The largest absolute Gasteiger partial charge is 0.432 e. The molecule has 0 saturated heterocycles. The van der Waals surface area contributed by atoms with Crippen molar-refractivity contribution < 1.29 is 4.42 Å². The van der Waals surface area contributed by atoms with Gasteiger partial charge in [-0.3, -0.25) is 4.40 Å². The van der Waals surface area contributed by atoms with Gasteiger partial charge < -0.3 is 4.42 Å². The molecule has 0 aromatic carbocycles. The number of nitrogens with zero attached hydrogens (tertiary/aromatic N) is 2. The van der Waals surface area contributed by atoms with Gasteiger partial charge >= 0.3 is 5.84 Å². The lowest BCUT2D eigenvalue weighted by molar-refractivity contribution is 0.595. The molecule has 3 nitrogen and oxygen atoms in total. The van der Waals surface area contributed by atoms with Crippen LogP contribution < -0.4 is 0 Å². The molecule has 2 aromatic rings. The van der Waals surface area contributed by atoms with Crippen LogP contribution in [0.4, 0.5) is 0 Å². The summed E-state index contributed by atoms with van der Waals surface area (Å²) in [5.74, 6) is 0.660. The Bertz CT molecular complexity index is 292. The zero-order chi connectivity index (χ0) is 6.27. The molecule has 0 unspecified atom stereocenters. The van der Waals surface area contributed by atoms with Gasteiger partial charge in [0.2, 0.25) is 0 Å². The Labute approximate surface area is 51.9 Å². The molecule has 2 aromatic heterocycles.